The van der Waals surface area contributed by atoms with Crippen LogP contribution in [-0.4, -0.2) is 25.1 Å². The number of Topliss-reactive ketones (excluding diaryl/α,β-unsaturated/α-hetero) is 1. The van der Waals surface area contributed by atoms with Gasteiger partial charge in [-0.1, -0.05) is 18.2 Å². The van der Waals surface area contributed by atoms with E-state index >= 15 is 0 Å². The molecule has 3 aromatic rings. The number of carbonyl (C=O) groups excluding carboxylic acids is 1. The van der Waals surface area contributed by atoms with E-state index in [0.717, 1.165) is 23.3 Å². The monoisotopic (exact) mass is 268 g/mol. The summed E-state index contributed by atoms with van der Waals surface area (Å²) in [5.74, 6) is 0.787. The van der Waals surface area contributed by atoms with Crippen molar-refractivity contribution in [3.8, 4) is 0 Å². The number of carbonyl (C=O) groups is 1. The first-order valence-electron chi connectivity index (χ1n) is 6.65. The number of aromatic nitrogens is 4. The van der Waals surface area contributed by atoms with Crippen LogP contribution >= 0.6 is 0 Å². The molecular formula is C15H16N4O. The van der Waals surface area contributed by atoms with Crippen molar-refractivity contribution >= 4 is 16.7 Å². The molecule has 0 aliphatic rings. The van der Waals surface area contributed by atoms with Gasteiger partial charge < -0.3 is 4.57 Å². The van der Waals surface area contributed by atoms with Gasteiger partial charge in [0.15, 0.2) is 5.78 Å². The fourth-order valence-electron chi connectivity index (χ4n) is 2.44. The van der Waals surface area contributed by atoms with Crippen LogP contribution in [0.25, 0.3) is 10.9 Å². The summed E-state index contributed by atoms with van der Waals surface area (Å²) in [4.78, 5) is 16.7. The molecule has 0 aliphatic carbocycles. The average Bonchev–Trinajstić information content (AvgIpc) is 3.04. The molecule has 5 heteroatoms. The number of hydrogen-bond acceptors (Lipinski definition) is 3. The van der Waals surface area contributed by atoms with Gasteiger partial charge in [-0.15, -0.1) is 0 Å². The third-order valence-corrected chi connectivity index (χ3v) is 3.48. The Bertz CT molecular complexity index is 769. The number of aryl methyl sites for hydroxylation is 2. The predicted octanol–water partition coefficient (Wildman–Crippen LogP) is 2.22. The molecule has 0 saturated carbocycles. The normalized spacial score (nSPS) is 11.1. The van der Waals surface area contributed by atoms with E-state index in [1.165, 1.54) is 0 Å². The topological polar surface area (TPSA) is 52.7 Å². The van der Waals surface area contributed by atoms with Crippen LogP contribution in [0.1, 0.15) is 23.2 Å². The Balaban J connectivity index is 1.97. The number of nitrogens with zero attached hydrogens (tertiary/aromatic N) is 4. The SMILES string of the molecule is CCn1ccnc1CC(=O)c1nn(C)c2ccccc12. The first-order valence-corrected chi connectivity index (χ1v) is 6.65. The van der Waals surface area contributed by atoms with Gasteiger partial charge in [0.2, 0.25) is 0 Å². The lowest BCUT2D eigenvalue weighted by Crippen LogP contribution is -2.10. The number of rotatable bonds is 4. The summed E-state index contributed by atoms with van der Waals surface area (Å²) in [5.41, 5.74) is 1.49. The Morgan fingerprint density at radius 2 is 2.10 bits per heavy atom. The highest BCUT2D eigenvalue weighted by Crippen LogP contribution is 2.19. The van der Waals surface area contributed by atoms with Crippen LogP contribution in [0.5, 0.6) is 0 Å². The minimum atomic E-state index is 0.00250. The van der Waals surface area contributed by atoms with Gasteiger partial charge in [0, 0.05) is 31.4 Å². The summed E-state index contributed by atoms with van der Waals surface area (Å²) in [6.45, 7) is 2.84. The summed E-state index contributed by atoms with van der Waals surface area (Å²) in [7, 11) is 1.85. The molecule has 20 heavy (non-hydrogen) atoms. The Hall–Kier alpha value is -2.43. The van der Waals surface area contributed by atoms with Crippen molar-refractivity contribution in [2.75, 3.05) is 0 Å². The van der Waals surface area contributed by atoms with E-state index in [2.05, 4.69) is 10.1 Å². The van der Waals surface area contributed by atoms with Gasteiger partial charge in [0.25, 0.3) is 0 Å². The van der Waals surface area contributed by atoms with Crippen LogP contribution in [0.4, 0.5) is 0 Å². The van der Waals surface area contributed by atoms with E-state index in [0.29, 0.717) is 5.69 Å². The van der Waals surface area contributed by atoms with Crippen molar-refractivity contribution in [3.05, 3.63) is 48.2 Å². The Morgan fingerprint density at radius 3 is 2.90 bits per heavy atom. The number of para-hydroxylation sites is 1. The van der Waals surface area contributed by atoms with Crippen LogP contribution in [0.15, 0.2) is 36.7 Å². The van der Waals surface area contributed by atoms with Crippen molar-refractivity contribution in [1.29, 1.82) is 0 Å². The molecule has 0 aliphatic heterocycles. The highest BCUT2D eigenvalue weighted by Gasteiger charge is 2.17. The fourth-order valence-corrected chi connectivity index (χ4v) is 2.44. The minimum Gasteiger partial charge on any atom is -0.335 e. The van der Waals surface area contributed by atoms with E-state index in [9.17, 15) is 4.79 Å². The summed E-state index contributed by atoms with van der Waals surface area (Å²) >= 11 is 0. The van der Waals surface area contributed by atoms with E-state index in [-0.39, 0.29) is 12.2 Å². The molecule has 1 aromatic carbocycles. The molecule has 3 rings (SSSR count). The molecule has 0 saturated heterocycles. The van der Waals surface area contributed by atoms with Crippen LogP contribution in [0.2, 0.25) is 0 Å². The molecule has 0 amide bonds. The molecular weight excluding hydrogens is 252 g/mol. The highest BCUT2D eigenvalue weighted by atomic mass is 16.1. The zero-order chi connectivity index (χ0) is 14.1. The Kier molecular flexibility index (Phi) is 3.10. The van der Waals surface area contributed by atoms with Crippen molar-refractivity contribution < 1.29 is 4.79 Å². The third kappa shape index (κ3) is 2.01. The van der Waals surface area contributed by atoms with E-state index < -0.39 is 0 Å². The Labute approximate surface area is 116 Å². The highest BCUT2D eigenvalue weighted by molar-refractivity contribution is 6.06. The second-order valence-corrected chi connectivity index (χ2v) is 4.72. The standard InChI is InChI=1S/C15H16N4O/c1-3-19-9-8-16-14(19)10-13(20)15-11-6-4-5-7-12(11)18(2)17-15/h4-9H,3,10H2,1-2H3. The number of fused-ring (bicyclic) bond motifs is 1. The molecule has 0 spiro atoms. The molecule has 0 unspecified atom stereocenters. The van der Waals surface area contributed by atoms with Crippen LogP contribution in [0.3, 0.4) is 0 Å². The number of imidazole rings is 1. The maximum atomic E-state index is 12.5. The first-order chi connectivity index (χ1) is 9.70. The summed E-state index contributed by atoms with van der Waals surface area (Å²) < 4.78 is 3.72. The zero-order valence-electron chi connectivity index (χ0n) is 11.6. The molecule has 0 fully saturated rings. The molecule has 0 atom stereocenters. The van der Waals surface area contributed by atoms with Gasteiger partial charge >= 0.3 is 0 Å². The van der Waals surface area contributed by atoms with E-state index in [1.807, 2.05) is 49.0 Å². The molecule has 5 nitrogen and oxygen atoms in total. The third-order valence-electron chi connectivity index (χ3n) is 3.48. The van der Waals surface area contributed by atoms with Gasteiger partial charge in [0.1, 0.15) is 11.5 Å². The molecule has 0 bridgehead atoms. The van der Waals surface area contributed by atoms with Crippen molar-refractivity contribution in [2.24, 2.45) is 7.05 Å². The maximum absolute atomic E-state index is 12.5. The van der Waals surface area contributed by atoms with Gasteiger partial charge in [-0.3, -0.25) is 9.48 Å². The number of hydrogen-bond donors (Lipinski definition) is 0. The maximum Gasteiger partial charge on any atom is 0.191 e. The molecule has 0 N–H and O–H groups in total. The van der Waals surface area contributed by atoms with Gasteiger partial charge in [-0.25, -0.2) is 4.98 Å². The summed E-state index contributed by atoms with van der Waals surface area (Å²) in [6, 6.07) is 7.77. The lowest BCUT2D eigenvalue weighted by Gasteiger charge is -2.02. The second kappa shape index (κ2) is 4.92. The van der Waals surface area contributed by atoms with E-state index in [1.54, 1.807) is 10.9 Å². The summed E-state index contributed by atoms with van der Waals surface area (Å²) in [5, 5.41) is 5.25. The zero-order valence-corrected chi connectivity index (χ0v) is 11.6. The Morgan fingerprint density at radius 1 is 1.30 bits per heavy atom. The van der Waals surface area contributed by atoms with Crippen molar-refractivity contribution in [2.45, 2.75) is 19.9 Å². The van der Waals surface area contributed by atoms with Gasteiger partial charge in [-0.05, 0) is 13.0 Å². The summed E-state index contributed by atoms with van der Waals surface area (Å²) in [6.07, 6.45) is 3.89. The predicted molar refractivity (Wildman–Crippen MR) is 76.6 cm³/mol. The quantitative estimate of drug-likeness (QED) is 0.682. The van der Waals surface area contributed by atoms with Gasteiger partial charge in [0.05, 0.1) is 11.9 Å². The minimum absolute atomic E-state index is 0.00250. The second-order valence-electron chi connectivity index (χ2n) is 4.72. The smallest absolute Gasteiger partial charge is 0.191 e. The van der Waals surface area contributed by atoms with Crippen LogP contribution in [-0.2, 0) is 20.0 Å². The number of ketones is 1. The van der Waals surface area contributed by atoms with Crippen LogP contribution < -0.4 is 0 Å². The molecule has 2 heterocycles. The molecule has 102 valence electrons. The molecule has 2 aromatic heterocycles. The number of benzene rings is 1. The van der Waals surface area contributed by atoms with E-state index in [4.69, 9.17) is 0 Å². The largest absolute Gasteiger partial charge is 0.335 e. The lowest BCUT2D eigenvalue weighted by molar-refractivity contribution is 0.0986. The van der Waals surface area contributed by atoms with Crippen molar-refractivity contribution in [1.82, 2.24) is 19.3 Å². The molecule has 0 radical (unpaired) electrons. The van der Waals surface area contributed by atoms with Crippen LogP contribution in [0, 0.1) is 0 Å². The van der Waals surface area contributed by atoms with Crippen molar-refractivity contribution in [3.63, 3.8) is 0 Å². The fraction of sp³-hybridized carbons (Fsp3) is 0.267. The first kappa shape index (κ1) is 12.6. The average molecular weight is 268 g/mol. The lowest BCUT2D eigenvalue weighted by atomic mass is 10.1. The van der Waals surface area contributed by atoms with Gasteiger partial charge in [-0.2, -0.15) is 5.10 Å².